The summed E-state index contributed by atoms with van der Waals surface area (Å²) in [5.74, 6) is 1.07. The van der Waals surface area contributed by atoms with Crippen molar-refractivity contribution in [2.24, 2.45) is 11.8 Å². The molecule has 0 radical (unpaired) electrons. The molecule has 3 rings (SSSR count). The molecule has 0 spiro atoms. The monoisotopic (exact) mass is 289 g/mol. The molecule has 3 atom stereocenters. The molecule has 5 heteroatoms. The number of nitrogens with two attached hydrogens (primary N) is 1. The highest BCUT2D eigenvalue weighted by molar-refractivity contribution is 5.90. The Kier molecular flexibility index (Phi) is 4.12. The smallest absolute Gasteiger partial charge is 0.225 e. The van der Waals surface area contributed by atoms with Crippen molar-refractivity contribution in [3.8, 4) is 0 Å². The minimum atomic E-state index is -0.136. The van der Waals surface area contributed by atoms with Crippen molar-refractivity contribution >= 4 is 17.3 Å². The molecule has 1 aliphatic carbocycles. The summed E-state index contributed by atoms with van der Waals surface area (Å²) in [5, 5.41) is 12.8. The second kappa shape index (κ2) is 6.03. The van der Waals surface area contributed by atoms with Crippen molar-refractivity contribution in [1.82, 2.24) is 4.90 Å². The molecule has 0 bridgehead atoms. The van der Waals surface area contributed by atoms with E-state index in [0.717, 1.165) is 38.2 Å². The number of rotatable bonds is 4. The van der Waals surface area contributed by atoms with Crippen LogP contribution < -0.4 is 11.1 Å². The minimum absolute atomic E-state index is 0.0254. The van der Waals surface area contributed by atoms with Gasteiger partial charge in [0.1, 0.15) is 0 Å². The van der Waals surface area contributed by atoms with Gasteiger partial charge >= 0.3 is 0 Å². The SMILES string of the molecule is Nc1ccc(NC(=O)CCN2CC3CCC(O)C3C2)cc1. The average Bonchev–Trinajstić information content (AvgIpc) is 3.02. The lowest BCUT2D eigenvalue weighted by Gasteiger charge is -2.17. The number of nitrogens with one attached hydrogen (secondary N) is 1. The second-order valence-electron chi connectivity index (χ2n) is 6.25. The van der Waals surface area contributed by atoms with Crippen LogP contribution in [0.25, 0.3) is 0 Å². The lowest BCUT2D eigenvalue weighted by atomic mass is 10.00. The average molecular weight is 289 g/mol. The predicted molar refractivity (Wildman–Crippen MR) is 82.8 cm³/mol. The standard InChI is InChI=1S/C16H23N3O2/c17-12-2-4-13(5-3-12)18-16(21)7-8-19-9-11-1-6-15(20)14(11)10-19/h2-5,11,14-15,20H,1,6-10,17H2,(H,18,21). The van der Waals surface area contributed by atoms with Crippen LogP contribution in [0.3, 0.4) is 0 Å². The largest absolute Gasteiger partial charge is 0.399 e. The number of hydrogen-bond donors (Lipinski definition) is 3. The summed E-state index contributed by atoms with van der Waals surface area (Å²) >= 11 is 0. The molecule has 0 aromatic heterocycles. The summed E-state index contributed by atoms with van der Waals surface area (Å²) in [5.41, 5.74) is 7.09. The maximum atomic E-state index is 11.9. The van der Waals surface area contributed by atoms with Crippen LogP contribution >= 0.6 is 0 Å². The molecule has 1 saturated carbocycles. The highest BCUT2D eigenvalue weighted by atomic mass is 16.3. The number of nitrogens with zero attached hydrogens (tertiary/aromatic N) is 1. The number of aliphatic hydroxyl groups excluding tert-OH is 1. The van der Waals surface area contributed by atoms with Crippen LogP contribution in [0.1, 0.15) is 19.3 Å². The number of carbonyl (C=O) groups excluding carboxylic acids is 1. The van der Waals surface area contributed by atoms with E-state index in [4.69, 9.17) is 5.73 Å². The number of carbonyl (C=O) groups is 1. The van der Waals surface area contributed by atoms with Gasteiger partial charge in [-0.1, -0.05) is 0 Å². The minimum Gasteiger partial charge on any atom is -0.399 e. The molecule has 1 amide bonds. The number of fused-ring (bicyclic) bond motifs is 1. The fourth-order valence-electron chi connectivity index (χ4n) is 3.56. The van der Waals surface area contributed by atoms with Crippen LogP contribution in [-0.2, 0) is 4.79 Å². The lowest BCUT2D eigenvalue weighted by molar-refractivity contribution is -0.116. The lowest BCUT2D eigenvalue weighted by Crippen LogP contribution is -2.28. The van der Waals surface area contributed by atoms with Gasteiger partial charge < -0.3 is 21.1 Å². The molecule has 2 aliphatic rings. The summed E-state index contributed by atoms with van der Waals surface area (Å²) in [6.45, 7) is 2.72. The van der Waals surface area contributed by atoms with Crippen LogP contribution in [0.15, 0.2) is 24.3 Å². The van der Waals surface area contributed by atoms with Crippen LogP contribution in [0.4, 0.5) is 11.4 Å². The van der Waals surface area contributed by atoms with Crippen molar-refractivity contribution in [3.63, 3.8) is 0 Å². The molecular weight excluding hydrogens is 266 g/mol. The van der Waals surface area contributed by atoms with Gasteiger partial charge in [-0.05, 0) is 43.0 Å². The molecule has 1 aliphatic heterocycles. The van der Waals surface area contributed by atoms with Gasteiger partial charge in [0.05, 0.1) is 6.10 Å². The number of nitrogen functional groups attached to an aromatic ring is 1. The first-order chi connectivity index (χ1) is 10.1. The van der Waals surface area contributed by atoms with Crippen LogP contribution in [0, 0.1) is 11.8 Å². The number of aliphatic hydroxyl groups is 1. The van der Waals surface area contributed by atoms with Gasteiger partial charge in [-0.3, -0.25) is 4.79 Å². The van der Waals surface area contributed by atoms with Crippen molar-refractivity contribution in [2.75, 3.05) is 30.7 Å². The first-order valence-electron chi connectivity index (χ1n) is 7.67. The highest BCUT2D eigenvalue weighted by Gasteiger charge is 2.41. The maximum Gasteiger partial charge on any atom is 0.225 e. The Hall–Kier alpha value is -1.59. The fourth-order valence-corrected chi connectivity index (χ4v) is 3.56. The van der Waals surface area contributed by atoms with E-state index < -0.39 is 0 Å². The Morgan fingerprint density at radius 1 is 1.29 bits per heavy atom. The molecule has 1 aromatic rings. The van der Waals surface area contributed by atoms with Crippen molar-refractivity contribution in [1.29, 1.82) is 0 Å². The third-order valence-corrected chi connectivity index (χ3v) is 4.74. The van der Waals surface area contributed by atoms with E-state index >= 15 is 0 Å². The zero-order valence-electron chi connectivity index (χ0n) is 12.2. The first kappa shape index (κ1) is 14.4. The van der Waals surface area contributed by atoms with Crippen molar-refractivity contribution < 1.29 is 9.90 Å². The Morgan fingerprint density at radius 2 is 2.05 bits per heavy atom. The van der Waals surface area contributed by atoms with Gasteiger partial charge in [-0.25, -0.2) is 0 Å². The van der Waals surface area contributed by atoms with E-state index in [9.17, 15) is 9.90 Å². The van der Waals surface area contributed by atoms with Gasteiger partial charge in [0, 0.05) is 43.3 Å². The molecule has 1 saturated heterocycles. The maximum absolute atomic E-state index is 11.9. The van der Waals surface area contributed by atoms with Crippen LogP contribution in [0.2, 0.25) is 0 Å². The molecule has 114 valence electrons. The quantitative estimate of drug-likeness (QED) is 0.730. The van der Waals surface area contributed by atoms with Gasteiger partial charge in [-0.15, -0.1) is 0 Å². The number of likely N-dealkylation sites (tertiary alicyclic amines) is 1. The number of anilines is 2. The molecule has 1 aromatic carbocycles. The normalized spacial score (nSPS) is 28.5. The second-order valence-corrected chi connectivity index (χ2v) is 6.25. The summed E-state index contributed by atoms with van der Waals surface area (Å²) in [4.78, 5) is 14.3. The zero-order valence-corrected chi connectivity index (χ0v) is 12.2. The summed E-state index contributed by atoms with van der Waals surface area (Å²) in [7, 11) is 0. The fraction of sp³-hybridized carbons (Fsp3) is 0.562. The zero-order chi connectivity index (χ0) is 14.8. The number of benzene rings is 1. The third-order valence-electron chi connectivity index (χ3n) is 4.74. The molecule has 21 heavy (non-hydrogen) atoms. The Balaban J connectivity index is 1.43. The third kappa shape index (κ3) is 3.36. The Bertz CT molecular complexity index is 503. The van der Waals surface area contributed by atoms with Crippen molar-refractivity contribution in [3.05, 3.63) is 24.3 Å². The Morgan fingerprint density at radius 3 is 2.76 bits per heavy atom. The first-order valence-corrected chi connectivity index (χ1v) is 7.67. The van der Waals surface area contributed by atoms with Gasteiger partial charge in [0.25, 0.3) is 0 Å². The molecule has 5 nitrogen and oxygen atoms in total. The van der Waals surface area contributed by atoms with E-state index in [0.29, 0.717) is 23.9 Å². The van der Waals surface area contributed by atoms with E-state index in [1.807, 2.05) is 12.1 Å². The van der Waals surface area contributed by atoms with Gasteiger partial charge in [0.2, 0.25) is 5.91 Å². The summed E-state index contributed by atoms with van der Waals surface area (Å²) in [6.07, 6.45) is 2.42. The van der Waals surface area contributed by atoms with E-state index in [1.165, 1.54) is 0 Å². The molecule has 2 fully saturated rings. The topological polar surface area (TPSA) is 78.6 Å². The molecule has 4 N–H and O–H groups in total. The van der Waals surface area contributed by atoms with E-state index in [2.05, 4.69) is 10.2 Å². The molecule has 3 unspecified atom stereocenters. The van der Waals surface area contributed by atoms with E-state index in [1.54, 1.807) is 12.1 Å². The number of amides is 1. The Labute approximate surface area is 125 Å². The number of hydrogen-bond acceptors (Lipinski definition) is 4. The van der Waals surface area contributed by atoms with Gasteiger partial charge in [-0.2, -0.15) is 0 Å². The van der Waals surface area contributed by atoms with E-state index in [-0.39, 0.29) is 12.0 Å². The molecular formula is C16H23N3O2. The van der Waals surface area contributed by atoms with Crippen LogP contribution in [-0.4, -0.2) is 41.7 Å². The summed E-state index contributed by atoms with van der Waals surface area (Å²) < 4.78 is 0. The highest BCUT2D eigenvalue weighted by Crippen LogP contribution is 2.37. The van der Waals surface area contributed by atoms with Crippen LogP contribution in [0.5, 0.6) is 0 Å². The van der Waals surface area contributed by atoms with Gasteiger partial charge in [0.15, 0.2) is 0 Å². The predicted octanol–water partition coefficient (Wildman–Crippen LogP) is 1.30. The summed E-state index contributed by atoms with van der Waals surface area (Å²) in [6, 6.07) is 7.17. The van der Waals surface area contributed by atoms with Crippen molar-refractivity contribution in [2.45, 2.75) is 25.4 Å². The molecule has 1 heterocycles.